The van der Waals surface area contributed by atoms with Crippen molar-refractivity contribution in [3.8, 4) is 0 Å². The molecule has 20 heavy (non-hydrogen) atoms. The molecule has 5 nitrogen and oxygen atoms in total. The highest BCUT2D eigenvalue weighted by atomic mass is 16.5. The van der Waals surface area contributed by atoms with Gasteiger partial charge in [0.1, 0.15) is 0 Å². The van der Waals surface area contributed by atoms with Crippen LogP contribution in [0, 0.1) is 0 Å². The highest BCUT2D eigenvalue weighted by molar-refractivity contribution is 5.78. The molecule has 3 N–H and O–H groups in total. The van der Waals surface area contributed by atoms with Crippen LogP contribution in [0.5, 0.6) is 0 Å². The lowest BCUT2D eigenvalue weighted by molar-refractivity contribution is -0.123. The number of nitrogens with zero attached hydrogens (tertiary/aromatic N) is 1. The molecule has 0 bridgehead atoms. The van der Waals surface area contributed by atoms with Crippen molar-refractivity contribution in [2.24, 2.45) is 0 Å². The fraction of sp³-hybridized carbons (Fsp3) is 0.533. The summed E-state index contributed by atoms with van der Waals surface area (Å²) < 4.78 is 5.28. The average molecular weight is 277 g/mol. The number of amides is 1. The van der Waals surface area contributed by atoms with Gasteiger partial charge in [-0.2, -0.15) is 0 Å². The Morgan fingerprint density at radius 3 is 2.65 bits per heavy atom. The lowest BCUT2D eigenvalue weighted by atomic mass is 10.1. The Morgan fingerprint density at radius 1 is 1.35 bits per heavy atom. The molecule has 1 heterocycles. The molecule has 1 aliphatic rings. The van der Waals surface area contributed by atoms with Crippen LogP contribution in [-0.4, -0.2) is 43.7 Å². The van der Waals surface area contributed by atoms with Crippen molar-refractivity contribution < 1.29 is 9.53 Å². The number of hydrogen-bond donors (Lipinski definition) is 2. The minimum atomic E-state index is 0.0786. The molecule has 1 aliphatic heterocycles. The van der Waals surface area contributed by atoms with Crippen molar-refractivity contribution in [2.75, 3.05) is 32.5 Å². The van der Waals surface area contributed by atoms with E-state index in [4.69, 9.17) is 10.5 Å². The summed E-state index contributed by atoms with van der Waals surface area (Å²) in [6.07, 6.45) is 1.82. The molecular weight excluding hydrogens is 254 g/mol. The van der Waals surface area contributed by atoms with Crippen LogP contribution < -0.4 is 11.1 Å². The van der Waals surface area contributed by atoms with Gasteiger partial charge in [0.25, 0.3) is 0 Å². The number of carbonyl (C=O) groups is 1. The van der Waals surface area contributed by atoms with Gasteiger partial charge in [-0.3, -0.25) is 9.69 Å². The smallest absolute Gasteiger partial charge is 0.234 e. The van der Waals surface area contributed by atoms with Crippen molar-refractivity contribution in [1.29, 1.82) is 0 Å². The van der Waals surface area contributed by atoms with Gasteiger partial charge in [-0.1, -0.05) is 12.1 Å². The first-order chi connectivity index (χ1) is 9.63. The maximum atomic E-state index is 12.0. The molecule has 0 aliphatic carbocycles. The molecule has 1 saturated heterocycles. The van der Waals surface area contributed by atoms with Crippen molar-refractivity contribution in [3.05, 3.63) is 29.8 Å². The molecule has 1 fully saturated rings. The van der Waals surface area contributed by atoms with E-state index in [0.717, 1.165) is 43.9 Å². The summed E-state index contributed by atoms with van der Waals surface area (Å²) in [6.45, 7) is 2.63. The number of anilines is 1. The molecule has 0 unspecified atom stereocenters. The number of rotatable bonds is 5. The lowest BCUT2D eigenvalue weighted by Crippen LogP contribution is -2.43. The highest BCUT2D eigenvalue weighted by Crippen LogP contribution is 2.08. The van der Waals surface area contributed by atoms with Crippen LogP contribution in [0.25, 0.3) is 0 Å². The molecule has 0 atom stereocenters. The molecule has 1 amide bonds. The van der Waals surface area contributed by atoms with Crippen LogP contribution in [-0.2, 0) is 16.1 Å². The second-order valence-corrected chi connectivity index (χ2v) is 5.37. The SMILES string of the molecule is CN(CC(=O)NC1CCOCC1)Cc1ccc(N)cc1. The number of nitrogen functional groups attached to an aromatic ring is 1. The van der Waals surface area contributed by atoms with E-state index >= 15 is 0 Å². The first-order valence-corrected chi connectivity index (χ1v) is 7.03. The van der Waals surface area contributed by atoms with Crippen molar-refractivity contribution in [2.45, 2.75) is 25.4 Å². The van der Waals surface area contributed by atoms with E-state index in [-0.39, 0.29) is 11.9 Å². The molecule has 5 heteroatoms. The summed E-state index contributed by atoms with van der Waals surface area (Å²) in [5.74, 6) is 0.0786. The molecule has 1 aromatic carbocycles. The summed E-state index contributed by atoms with van der Waals surface area (Å²) in [7, 11) is 1.94. The van der Waals surface area contributed by atoms with Gasteiger partial charge < -0.3 is 15.8 Å². The number of hydrogen-bond acceptors (Lipinski definition) is 4. The third kappa shape index (κ3) is 4.83. The maximum absolute atomic E-state index is 12.0. The lowest BCUT2D eigenvalue weighted by Gasteiger charge is -2.24. The molecule has 0 aromatic heterocycles. The van der Waals surface area contributed by atoms with Crippen LogP contribution in [0.4, 0.5) is 5.69 Å². The minimum absolute atomic E-state index is 0.0786. The van der Waals surface area contributed by atoms with Gasteiger partial charge in [0.15, 0.2) is 0 Å². The van der Waals surface area contributed by atoms with E-state index < -0.39 is 0 Å². The van der Waals surface area contributed by atoms with Gasteiger partial charge in [0.2, 0.25) is 5.91 Å². The van der Waals surface area contributed by atoms with Gasteiger partial charge in [-0.25, -0.2) is 0 Å². The van der Waals surface area contributed by atoms with Crippen LogP contribution in [0.15, 0.2) is 24.3 Å². The number of carbonyl (C=O) groups excluding carboxylic acids is 1. The van der Waals surface area contributed by atoms with E-state index in [9.17, 15) is 4.79 Å². The Balaban J connectivity index is 1.74. The number of ether oxygens (including phenoxy) is 1. The summed E-state index contributed by atoms with van der Waals surface area (Å²) in [5, 5.41) is 3.06. The third-order valence-corrected chi connectivity index (χ3v) is 3.43. The van der Waals surface area contributed by atoms with E-state index in [1.54, 1.807) is 0 Å². The van der Waals surface area contributed by atoms with Crippen LogP contribution in [0.3, 0.4) is 0 Å². The zero-order valence-electron chi connectivity index (χ0n) is 12.0. The number of nitrogens with two attached hydrogens (primary N) is 1. The maximum Gasteiger partial charge on any atom is 0.234 e. The Hall–Kier alpha value is -1.59. The predicted octanol–water partition coefficient (Wildman–Crippen LogP) is 0.996. The summed E-state index contributed by atoms with van der Waals surface area (Å²) in [5.41, 5.74) is 7.57. The summed E-state index contributed by atoms with van der Waals surface area (Å²) in [6, 6.07) is 8.00. The number of benzene rings is 1. The Bertz CT molecular complexity index is 427. The zero-order valence-corrected chi connectivity index (χ0v) is 12.0. The fourth-order valence-electron chi connectivity index (χ4n) is 2.35. The second-order valence-electron chi connectivity index (χ2n) is 5.37. The Morgan fingerprint density at radius 2 is 2.00 bits per heavy atom. The van der Waals surface area contributed by atoms with E-state index in [2.05, 4.69) is 5.32 Å². The van der Waals surface area contributed by atoms with E-state index in [1.807, 2.05) is 36.2 Å². The van der Waals surface area contributed by atoms with Gasteiger partial charge in [0.05, 0.1) is 6.54 Å². The molecule has 1 aromatic rings. The standard InChI is InChI=1S/C15H23N3O2/c1-18(10-12-2-4-13(16)5-3-12)11-15(19)17-14-6-8-20-9-7-14/h2-5,14H,6-11,16H2,1H3,(H,17,19). The monoisotopic (exact) mass is 277 g/mol. The number of nitrogens with one attached hydrogen (secondary N) is 1. The number of likely N-dealkylation sites (N-methyl/N-ethyl adjacent to an activating group) is 1. The fourth-order valence-corrected chi connectivity index (χ4v) is 2.35. The summed E-state index contributed by atoms with van der Waals surface area (Å²) in [4.78, 5) is 14.0. The van der Waals surface area contributed by atoms with Crippen molar-refractivity contribution in [1.82, 2.24) is 10.2 Å². The molecule has 2 rings (SSSR count). The van der Waals surface area contributed by atoms with Crippen molar-refractivity contribution >= 4 is 11.6 Å². The van der Waals surface area contributed by atoms with Crippen LogP contribution >= 0.6 is 0 Å². The molecule has 0 radical (unpaired) electrons. The molecule has 0 spiro atoms. The predicted molar refractivity (Wildman–Crippen MR) is 79.2 cm³/mol. The quantitative estimate of drug-likeness (QED) is 0.788. The largest absolute Gasteiger partial charge is 0.399 e. The van der Waals surface area contributed by atoms with Crippen molar-refractivity contribution in [3.63, 3.8) is 0 Å². The minimum Gasteiger partial charge on any atom is -0.399 e. The summed E-state index contributed by atoms with van der Waals surface area (Å²) >= 11 is 0. The van der Waals surface area contributed by atoms with Gasteiger partial charge in [-0.15, -0.1) is 0 Å². The first-order valence-electron chi connectivity index (χ1n) is 7.03. The van der Waals surface area contributed by atoms with Crippen LogP contribution in [0.2, 0.25) is 0 Å². The van der Waals surface area contributed by atoms with E-state index in [0.29, 0.717) is 6.54 Å². The van der Waals surface area contributed by atoms with Crippen LogP contribution in [0.1, 0.15) is 18.4 Å². The second kappa shape index (κ2) is 7.26. The van der Waals surface area contributed by atoms with E-state index in [1.165, 1.54) is 0 Å². The molecule has 110 valence electrons. The van der Waals surface area contributed by atoms with Gasteiger partial charge in [0, 0.05) is 31.5 Å². The first kappa shape index (κ1) is 14.8. The Kier molecular flexibility index (Phi) is 5.38. The molecular formula is C15H23N3O2. The molecule has 0 saturated carbocycles. The topological polar surface area (TPSA) is 67.6 Å². The third-order valence-electron chi connectivity index (χ3n) is 3.43. The normalized spacial score (nSPS) is 16.3. The highest BCUT2D eigenvalue weighted by Gasteiger charge is 2.16. The van der Waals surface area contributed by atoms with Gasteiger partial charge in [-0.05, 0) is 37.6 Å². The zero-order chi connectivity index (χ0) is 14.4. The Labute approximate surface area is 120 Å². The average Bonchev–Trinajstić information content (AvgIpc) is 2.42. The van der Waals surface area contributed by atoms with Gasteiger partial charge >= 0.3 is 0 Å².